The molecule has 0 radical (unpaired) electrons. The molecule has 1 amide bonds. The van der Waals surface area contributed by atoms with Gasteiger partial charge in [0.15, 0.2) is 0 Å². The molecular weight excluding hydrogens is 290 g/mol. The van der Waals surface area contributed by atoms with Crippen LogP contribution in [0.3, 0.4) is 0 Å². The van der Waals surface area contributed by atoms with Gasteiger partial charge in [-0.15, -0.1) is 0 Å². The molecule has 6 N–H and O–H groups in total. The van der Waals surface area contributed by atoms with E-state index in [1.807, 2.05) is 37.0 Å². The van der Waals surface area contributed by atoms with Crippen molar-refractivity contribution in [2.45, 2.75) is 13.8 Å². The monoisotopic (exact) mass is 311 g/mol. The van der Waals surface area contributed by atoms with Gasteiger partial charge in [-0.1, -0.05) is 18.6 Å². The van der Waals surface area contributed by atoms with Gasteiger partial charge in [0, 0.05) is 24.5 Å². The van der Waals surface area contributed by atoms with Gasteiger partial charge < -0.3 is 21.7 Å². The maximum absolute atomic E-state index is 11.4. The third-order valence-corrected chi connectivity index (χ3v) is 3.22. The Hall–Kier alpha value is -3.20. The predicted molar refractivity (Wildman–Crippen MR) is 92.6 cm³/mol. The number of hydrogen-bond donors (Lipinski definition) is 4. The molecule has 0 aromatic rings. The summed E-state index contributed by atoms with van der Waals surface area (Å²) in [4.78, 5) is 13.3. The molecule has 0 spiro atoms. The first-order chi connectivity index (χ1) is 10.9. The number of nitrogens with zero attached hydrogens (tertiary/aromatic N) is 1. The summed E-state index contributed by atoms with van der Waals surface area (Å²) in [5.74, 6) is 4.72. The molecule has 1 aliphatic rings. The Kier molecular flexibility index (Phi) is 5.98. The van der Waals surface area contributed by atoms with Gasteiger partial charge in [0.1, 0.15) is 17.1 Å². The van der Waals surface area contributed by atoms with Crippen LogP contribution in [0.25, 0.3) is 0 Å². The Morgan fingerprint density at radius 2 is 2.09 bits per heavy atom. The van der Waals surface area contributed by atoms with Crippen LogP contribution in [0, 0.1) is 17.3 Å². The Bertz CT molecular complexity index is 726. The van der Waals surface area contributed by atoms with Gasteiger partial charge in [0.05, 0.1) is 5.70 Å². The molecule has 1 aliphatic heterocycles. The standard InChI is InChI=1S/C17H21N5O/c1-5-14-12(8-7-11(3)22(14)6-2)9-10-13(18)15(17(20)23)16(19)21-4/h5-8,18,21H,2,19H2,1,3-4H3,(H2,20,23)/b14-5-,16-15-,18-13?. The molecule has 0 atom stereocenters. The second kappa shape index (κ2) is 7.71. The van der Waals surface area contributed by atoms with E-state index < -0.39 is 5.91 Å². The van der Waals surface area contributed by atoms with Crippen LogP contribution in [0.1, 0.15) is 13.8 Å². The van der Waals surface area contributed by atoms with Crippen molar-refractivity contribution in [1.29, 1.82) is 5.41 Å². The van der Waals surface area contributed by atoms with Crippen LogP contribution in [-0.4, -0.2) is 23.6 Å². The van der Waals surface area contributed by atoms with Crippen molar-refractivity contribution in [3.63, 3.8) is 0 Å². The SMILES string of the molecule is C=CN1C(C)=CC=C(C#CC(=N)/C(C(N)=O)=C(\N)NC)/C1=C/C. The fourth-order valence-corrected chi connectivity index (χ4v) is 2.04. The van der Waals surface area contributed by atoms with Crippen molar-refractivity contribution >= 4 is 11.6 Å². The van der Waals surface area contributed by atoms with Crippen LogP contribution in [0.5, 0.6) is 0 Å². The maximum Gasteiger partial charge on any atom is 0.255 e. The highest BCUT2D eigenvalue weighted by molar-refractivity contribution is 6.27. The van der Waals surface area contributed by atoms with Gasteiger partial charge in [0.2, 0.25) is 0 Å². The van der Waals surface area contributed by atoms with Crippen molar-refractivity contribution in [3.8, 4) is 11.8 Å². The number of amides is 1. The Morgan fingerprint density at radius 3 is 2.57 bits per heavy atom. The van der Waals surface area contributed by atoms with E-state index in [0.29, 0.717) is 5.57 Å². The van der Waals surface area contributed by atoms with Crippen molar-refractivity contribution in [2.24, 2.45) is 11.5 Å². The van der Waals surface area contributed by atoms with Crippen LogP contribution in [0.2, 0.25) is 0 Å². The first-order valence-corrected chi connectivity index (χ1v) is 6.92. The zero-order valence-electron chi connectivity index (χ0n) is 13.5. The van der Waals surface area contributed by atoms with Gasteiger partial charge >= 0.3 is 0 Å². The minimum atomic E-state index is -0.802. The van der Waals surface area contributed by atoms with Crippen LogP contribution in [0.15, 0.2) is 59.4 Å². The van der Waals surface area contributed by atoms with E-state index in [1.54, 1.807) is 6.20 Å². The molecule has 0 aliphatic carbocycles. The highest BCUT2D eigenvalue weighted by Crippen LogP contribution is 2.24. The first kappa shape index (κ1) is 17.9. The average Bonchev–Trinajstić information content (AvgIpc) is 2.52. The molecule has 0 saturated carbocycles. The summed E-state index contributed by atoms with van der Waals surface area (Å²) in [5.41, 5.74) is 13.1. The molecule has 0 saturated heterocycles. The van der Waals surface area contributed by atoms with Crippen molar-refractivity contribution in [1.82, 2.24) is 10.2 Å². The molecule has 6 heteroatoms. The minimum absolute atomic E-state index is 0.0177. The molecule has 0 aromatic carbocycles. The fraction of sp³-hybridized carbons (Fsp3) is 0.176. The number of carbonyl (C=O) groups excluding carboxylic acids is 1. The van der Waals surface area contributed by atoms with E-state index in [9.17, 15) is 4.79 Å². The molecule has 0 unspecified atom stereocenters. The Balaban J connectivity index is 3.23. The van der Waals surface area contributed by atoms with Crippen LogP contribution >= 0.6 is 0 Å². The summed E-state index contributed by atoms with van der Waals surface area (Å²) in [7, 11) is 1.54. The van der Waals surface area contributed by atoms with E-state index in [0.717, 1.165) is 11.4 Å². The lowest BCUT2D eigenvalue weighted by Crippen LogP contribution is -2.29. The lowest BCUT2D eigenvalue weighted by atomic mass is 10.0. The van der Waals surface area contributed by atoms with Gasteiger partial charge in [-0.2, -0.15) is 0 Å². The van der Waals surface area contributed by atoms with E-state index >= 15 is 0 Å². The number of primary amides is 1. The number of allylic oxidation sites excluding steroid dienone is 5. The Morgan fingerprint density at radius 1 is 1.43 bits per heavy atom. The average molecular weight is 311 g/mol. The van der Waals surface area contributed by atoms with Crippen LogP contribution in [-0.2, 0) is 4.79 Å². The molecule has 0 bridgehead atoms. The van der Waals surface area contributed by atoms with Crippen LogP contribution in [0.4, 0.5) is 0 Å². The molecule has 0 aromatic heterocycles. The summed E-state index contributed by atoms with van der Waals surface area (Å²) in [5, 5.41) is 10.5. The summed E-state index contributed by atoms with van der Waals surface area (Å²) in [6.07, 6.45) is 7.33. The van der Waals surface area contributed by atoms with Crippen molar-refractivity contribution in [2.75, 3.05) is 7.05 Å². The summed E-state index contributed by atoms with van der Waals surface area (Å²) in [6, 6.07) is 0. The minimum Gasteiger partial charge on any atom is -0.385 e. The van der Waals surface area contributed by atoms with Crippen molar-refractivity contribution in [3.05, 3.63) is 59.4 Å². The predicted octanol–water partition coefficient (Wildman–Crippen LogP) is 1.08. The van der Waals surface area contributed by atoms with E-state index in [-0.39, 0.29) is 17.1 Å². The molecule has 0 fully saturated rings. The maximum atomic E-state index is 11.4. The number of hydrogen-bond acceptors (Lipinski definition) is 5. The van der Waals surface area contributed by atoms with Gasteiger partial charge in [-0.05, 0) is 31.9 Å². The number of nitrogens with two attached hydrogens (primary N) is 2. The smallest absolute Gasteiger partial charge is 0.255 e. The van der Waals surface area contributed by atoms with Gasteiger partial charge in [-0.3, -0.25) is 10.2 Å². The second-order valence-corrected chi connectivity index (χ2v) is 4.64. The molecular formula is C17H21N5O. The largest absolute Gasteiger partial charge is 0.385 e. The topological polar surface area (TPSA) is 108 Å². The second-order valence-electron chi connectivity index (χ2n) is 4.64. The van der Waals surface area contributed by atoms with Gasteiger partial charge in [-0.25, -0.2) is 0 Å². The fourth-order valence-electron chi connectivity index (χ4n) is 2.04. The summed E-state index contributed by atoms with van der Waals surface area (Å²) in [6.45, 7) is 7.62. The zero-order chi connectivity index (χ0) is 17.6. The molecule has 120 valence electrons. The number of carbonyl (C=O) groups is 1. The van der Waals surface area contributed by atoms with E-state index in [2.05, 4.69) is 23.7 Å². The van der Waals surface area contributed by atoms with Crippen LogP contribution < -0.4 is 16.8 Å². The molecule has 6 nitrogen and oxygen atoms in total. The number of nitrogens with one attached hydrogen (secondary N) is 2. The highest BCUT2D eigenvalue weighted by atomic mass is 16.1. The third kappa shape index (κ3) is 3.92. The third-order valence-electron chi connectivity index (χ3n) is 3.22. The highest BCUT2D eigenvalue weighted by Gasteiger charge is 2.16. The Labute approximate surface area is 136 Å². The zero-order valence-corrected chi connectivity index (χ0v) is 13.5. The first-order valence-electron chi connectivity index (χ1n) is 6.92. The lowest BCUT2D eigenvalue weighted by molar-refractivity contribution is -0.114. The van der Waals surface area contributed by atoms with Gasteiger partial charge in [0.25, 0.3) is 5.91 Å². The normalized spacial score (nSPS) is 16.5. The molecule has 1 heterocycles. The summed E-state index contributed by atoms with van der Waals surface area (Å²) < 4.78 is 0. The number of rotatable bonds is 4. The molecule has 23 heavy (non-hydrogen) atoms. The van der Waals surface area contributed by atoms with E-state index in [1.165, 1.54) is 7.05 Å². The lowest BCUT2D eigenvalue weighted by Gasteiger charge is -2.26. The summed E-state index contributed by atoms with van der Waals surface area (Å²) >= 11 is 0. The van der Waals surface area contributed by atoms with Crippen molar-refractivity contribution < 1.29 is 4.79 Å². The quantitative estimate of drug-likeness (QED) is 0.354. The molecule has 1 rings (SSSR count). The van der Waals surface area contributed by atoms with E-state index in [4.69, 9.17) is 16.9 Å².